The molecule has 1 N–H and O–H groups in total. The van der Waals surface area contributed by atoms with Crippen molar-refractivity contribution >= 4 is 11.6 Å². The molecule has 16 heavy (non-hydrogen) atoms. The zero-order valence-corrected chi connectivity index (χ0v) is 10.8. The van der Waals surface area contributed by atoms with Gasteiger partial charge >= 0.3 is 0 Å². The van der Waals surface area contributed by atoms with Gasteiger partial charge in [0.15, 0.2) is 0 Å². The third-order valence-electron chi connectivity index (χ3n) is 3.48. The van der Waals surface area contributed by atoms with Gasteiger partial charge in [0.2, 0.25) is 0 Å². The SMILES string of the molecule is CCCNC1CCC(C)c2ccc(Cl)cc21. The number of hydrogen-bond acceptors (Lipinski definition) is 1. The summed E-state index contributed by atoms with van der Waals surface area (Å²) in [4.78, 5) is 0. The molecule has 2 heteroatoms. The molecule has 1 nitrogen and oxygen atoms in total. The second-order valence-corrected chi connectivity index (χ2v) is 5.19. The smallest absolute Gasteiger partial charge is 0.0409 e. The summed E-state index contributed by atoms with van der Waals surface area (Å²) in [5.41, 5.74) is 2.89. The van der Waals surface area contributed by atoms with Gasteiger partial charge in [-0.1, -0.05) is 31.5 Å². The first kappa shape index (κ1) is 11.9. The molecule has 2 unspecified atom stereocenters. The van der Waals surface area contributed by atoms with Crippen molar-refractivity contribution in [2.24, 2.45) is 0 Å². The van der Waals surface area contributed by atoms with Crippen LogP contribution in [0.25, 0.3) is 0 Å². The number of halogens is 1. The Labute approximate surface area is 103 Å². The molecule has 0 saturated carbocycles. The molecule has 1 aliphatic rings. The highest BCUT2D eigenvalue weighted by Crippen LogP contribution is 2.38. The highest BCUT2D eigenvalue weighted by atomic mass is 35.5. The van der Waals surface area contributed by atoms with Crippen molar-refractivity contribution in [1.29, 1.82) is 0 Å². The summed E-state index contributed by atoms with van der Waals surface area (Å²) >= 11 is 6.10. The molecule has 1 aromatic carbocycles. The van der Waals surface area contributed by atoms with Gasteiger partial charge in [-0.2, -0.15) is 0 Å². The number of benzene rings is 1. The predicted octanol–water partition coefficient (Wildman–Crippen LogP) is 4.28. The van der Waals surface area contributed by atoms with Gasteiger partial charge < -0.3 is 5.32 Å². The van der Waals surface area contributed by atoms with Gasteiger partial charge in [0.05, 0.1) is 0 Å². The van der Waals surface area contributed by atoms with Gasteiger partial charge in [0.1, 0.15) is 0 Å². The van der Waals surface area contributed by atoms with E-state index in [1.54, 1.807) is 0 Å². The summed E-state index contributed by atoms with van der Waals surface area (Å²) < 4.78 is 0. The zero-order chi connectivity index (χ0) is 11.5. The van der Waals surface area contributed by atoms with Gasteiger partial charge in [-0.3, -0.25) is 0 Å². The van der Waals surface area contributed by atoms with Crippen LogP contribution in [0.2, 0.25) is 5.02 Å². The molecular weight excluding hydrogens is 218 g/mol. The van der Waals surface area contributed by atoms with Crippen molar-refractivity contribution in [1.82, 2.24) is 5.32 Å². The zero-order valence-electron chi connectivity index (χ0n) is 10.1. The molecule has 0 radical (unpaired) electrons. The van der Waals surface area contributed by atoms with Crippen molar-refractivity contribution in [3.63, 3.8) is 0 Å². The van der Waals surface area contributed by atoms with Crippen LogP contribution in [-0.4, -0.2) is 6.54 Å². The maximum absolute atomic E-state index is 6.10. The summed E-state index contributed by atoms with van der Waals surface area (Å²) in [7, 11) is 0. The molecule has 0 spiro atoms. The summed E-state index contributed by atoms with van der Waals surface area (Å²) in [6, 6.07) is 6.85. The van der Waals surface area contributed by atoms with E-state index in [1.165, 1.54) is 30.4 Å². The van der Waals surface area contributed by atoms with E-state index in [0.717, 1.165) is 11.6 Å². The molecule has 0 aliphatic heterocycles. The molecule has 88 valence electrons. The van der Waals surface area contributed by atoms with E-state index in [1.807, 2.05) is 6.07 Å². The Morgan fingerprint density at radius 1 is 1.31 bits per heavy atom. The third-order valence-corrected chi connectivity index (χ3v) is 3.72. The standard InChI is InChI=1S/C14H20ClN/c1-3-8-16-14-7-4-10(2)12-6-5-11(15)9-13(12)14/h5-6,9-10,14,16H,3-4,7-8H2,1-2H3. The largest absolute Gasteiger partial charge is 0.310 e. The quantitative estimate of drug-likeness (QED) is 0.828. The Kier molecular flexibility index (Phi) is 3.88. The van der Waals surface area contributed by atoms with E-state index in [4.69, 9.17) is 11.6 Å². The summed E-state index contributed by atoms with van der Waals surface area (Å²) in [5, 5.41) is 4.47. The first-order valence-electron chi connectivity index (χ1n) is 6.25. The number of fused-ring (bicyclic) bond motifs is 1. The van der Waals surface area contributed by atoms with Crippen molar-refractivity contribution in [2.45, 2.75) is 45.1 Å². The van der Waals surface area contributed by atoms with E-state index < -0.39 is 0 Å². The maximum Gasteiger partial charge on any atom is 0.0409 e. The van der Waals surface area contributed by atoms with E-state index in [9.17, 15) is 0 Å². The fraction of sp³-hybridized carbons (Fsp3) is 0.571. The number of hydrogen-bond donors (Lipinski definition) is 1. The molecule has 0 bridgehead atoms. The Balaban J connectivity index is 2.27. The topological polar surface area (TPSA) is 12.0 Å². The molecule has 0 saturated heterocycles. The summed E-state index contributed by atoms with van der Waals surface area (Å²) in [6.07, 6.45) is 3.69. The van der Waals surface area contributed by atoms with Gasteiger partial charge in [0, 0.05) is 11.1 Å². The molecule has 0 aromatic heterocycles. The lowest BCUT2D eigenvalue weighted by atomic mass is 9.81. The fourth-order valence-electron chi connectivity index (χ4n) is 2.55. The second kappa shape index (κ2) is 5.20. The molecule has 0 fully saturated rings. The first-order chi connectivity index (χ1) is 7.72. The van der Waals surface area contributed by atoms with Crippen LogP contribution in [0.5, 0.6) is 0 Å². The monoisotopic (exact) mass is 237 g/mol. The minimum atomic E-state index is 0.504. The van der Waals surface area contributed by atoms with Crippen molar-refractivity contribution in [2.75, 3.05) is 6.54 Å². The molecule has 1 aromatic rings. The van der Waals surface area contributed by atoms with Crippen LogP contribution in [-0.2, 0) is 0 Å². The minimum absolute atomic E-state index is 0.504. The molecule has 1 aliphatic carbocycles. The van der Waals surface area contributed by atoms with Crippen LogP contribution in [0.4, 0.5) is 0 Å². The van der Waals surface area contributed by atoms with Crippen LogP contribution in [0.1, 0.15) is 56.2 Å². The molecule has 0 amide bonds. The highest BCUT2D eigenvalue weighted by molar-refractivity contribution is 6.30. The predicted molar refractivity (Wildman–Crippen MR) is 70.1 cm³/mol. The molecule has 2 atom stereocenters. The average molecular weight is 238 g/mol. The van der Waals surface area contributed by atoms with E-state index in [2.05, 4.69) is 31.3 Å². The summed E-state index contributed by atoms with van der Waals surface area (Å²) in [5.74, 6) is 0.673. The Morgan fingerprint density at radius 2 is 2.12 bits per heavy atom. The Bertz CT molecular complexity index is 362. The lowest BCUT2D eigenvalue weighted by Crippen LogP contribution is -2.26. The Morgan fingerprint density at radius 3 is 2.88 bits per heavy atom. The van der Waals surface area contributed by atoms with Gasteiger partial charge in [-0.25, -0.2) is 0 Å². The average Bonchev–Trinajstić information content (AvgIpc) is 2.28. The van der Waals surface area contributed by atoms with Crippen molar-refractivity contribution in [3.05, 3.63) is 34.3 Å². The maximum atomic E-state index is 6.10. The molecular formula is C14H20ClN. The van der Waals surface area contributed by atoms with Crippen LogP contribution >= 0.6 is 11.6 Å². The highest BCUT2D eigenvalue weighted by Gasteiger charge is 2.24. The summed E-state index contributed by atoms with van der Waals surface area (Å²) in [6.45, 7) is 5.60. The van der Waals surface area contributed by atoms with Gasteiger partial charge in [-0.15, -0.1) is 0 Å². The van der Waals surface area contributed by atoms with E-state index in [-0.39, 0.29) is 0 Å². The second-order valence-electron chi connectivity index (χ2n) is 4.76. The Hall–Kier alpha value is -0.530. The normalized spacial score (nSPS) is 24.2. The molecule has 2 rings (SSSR count). The van der Waals surface area contributed by atoms with E-state index >= 15 is 0 Å². The lowest BCUT2D eigenvalue weighted by Gasteiger charge is -2.30. The third kappa shape index (κ3) is 2.41. The van der Waals surface area contributed by atoms with Crippen LogP contribution < -0.4 is 5.32 Å². The first-order valence-corrected chi connectivity index (χ1v) is 6.63. The van der Waals surface area contributed by atoms with Crippen LogP contribution in [0.15, 0.2) is 18.2 Å². The van der Waals surface area contributed by atoms with Gasteiger partial charge in [0.25, 0.3) is 0 Å². The van der Waals surface area contributed by atoms with Gasteiger partial charge in [-0.05, 0) is 55.0 Å². The van der Waals surface area contributed by atoms with Crippen LogP contribution in [0.3, 0.4) is 0 Å². The fourth-order valence-corrected chi connectivity index (χ4v) is 2.73. The molecule has 0 heterocycles. The van der Waals surface area contributed by atoms with Crippen LogP contribution in [0, 0.1) is 0 Å². The van der Waals surface area contributed by atoms with Crippen molar-refractivity contribution < 1.29 is 0 Å². The van der Waals surface area contributed by atoms with Crippen molar-refractivity contribution in [3.8, 4) is 0 Å². The number of rotatable bonds is 3. The van der Waals surface area contributed by atoms with E-state index in [0.29, 0.717) is 12.0 Å². The minimum Gasteiger partial charge on any atom is -0.310 e. The lowest BCUT2D eigenvalue weighted by molar-refractivity contribution is 0.433. The number of nitrogens with one attached hydrogen (secondary N) is 1.